The molecular weight excluding hydrogens is 266 g/mol. The topological polar surface area (TPSA) is 3.24 Å². The van der Waals surface area contributed by atoms with E-state index >= 15 is 0 Å². The lowest BCUT2D eigenvalue weighted by Gasteiger charge is -2.82. The van der Waals surface area contributed by atoms with Crippen LogP contribution in [0.4, 0.5) is 0 Å². The van der Waals surface area contributed by atoms with Gasteiger partial charge in [-0.25, -0.2) is 0 Å². The Labute approximate surface area is 136 Å². The second kappa shape index (κ2) is 3.63. The van der Waals surface area contributed by atoms with Crippen molar-refractivity contribution >= 4 is 0 Å². The maximum absolute atomic E-state index is 2.92. The summed E-state index contributed by atoms with van der Waals surface area (Å²) in [7, 11) is 0. The van der Waals surface area contributed by atoms with Crippen molar-refractivity contribution in [2.24, 2.45) is 34.0 Å². The van der Waals surface area contributed by atoms with Crippen LogP contribution in [0, 0.1) is 34.0 Å². The highest BCUT2D eigenvalue weighted by Gasteiger charge is 2.76. The minimum absolute atomic E-state index is 0.514. The predicted molar refractivity (Wildman–Crippen MR) is 89.6 cm³/mol. The third-order valence-electron chi connectivity index (χ3n) is 10.6. The second-order valence-corrected chi connectivity index (χ2v) is 10.8. The first-order valence-corrected chi connectivity index (χ1v) is 10.3. The average molecular weight is 300 g/mol. The van der Waals surface area contributed by atoms with Crippen molar-refractivity contribution < 1.29 is 0 Å². The molecule has 0 N–H and O–H groups in total. The summed E-state index contributed by atoms with van der Waals surface area (Å²) in [6.07, 6.45) is 15.9. The molecule has 3 aliphatic heterocycles. The van der Waals surface area contributed by atoms with Gasteiger partial charge in [0.25, 0.3) is 0 Å². The first kappa shape index (κ1) is 13.3. The normalized spacial score (nSPS) is 63.5. The standard InChI is InChI=1S/C21H33N/c1-18(2)21-8-3-7-20(13-22(18)14-21)16(21)6-11-19-9-4-15(5-10-19)12-17(19)20/h15-17H,3-14H2,1-2H3/t15?,16?,17?,19?,20-,21+/m0/s1. The molecule has 0 radical (unpaired) electrons. The lowest BCUT2D eigenvalue weighted by Crippen LogP contribution is -2.85. The molecular formula is C21H33N. The molecule has 5 atom stereocenters. The van der Waals surface area contributed by atoms with Crippen LogP contribution >= 0.6 is 0 Å². The zero-order valence-electron chi connectivity index (χ0n) is 14.7. The van der Waals surface area contributed by atoms with Crippen molar-refractivity contribution in [1.29, 1.82) is 0 Å². The van der Waals surface area contributed by atoms with Gasteiger partial charge in [0.2, 0.25) is 0 Å². The van der Waals surface area contributed by atoms with Crippen LogP contribution in [-0.2, 0) is 0 Å². The largest absolute Gasteiger partial charge is 0.296 e. The molecule has 3 heterocycles. The molecule has 5 saturated carbocycles. The first-order chi connectivity index (χ1) is 10.5. The molecule has 0 aromatic rings. The Balaban J connectivity index is 1.49. The van der Waals surface area contributed by atoms with Gasteiger partial charge in [-0.15, -0.1) is 0 Å². The Kier molecular flexibility index (Phi) is 2.19. The smallest absolute Gasteiger partial charge is 0.0225 e. The Bertz CT molecular complexity index is 520. The van der Waals surface area contributed by atoms with E-state index in [1.165, 1.54) is 13.1 Å². The highest BCUT2D eigenvalue weighted by molar-refractivity contribution is 5.27. The van der Waals surface area contributed by atoms with Gasteiger partial charge in [0, 0.05) is 24.0 Å². The van der Waals surface area contributed by atoms with Gasteiger partial charge >= 0.3 is 0 Å². The van der Waals surface area contributed by atoms with Gasteiger partial charge in [0.15, 0.2) is 0 Å². The van der Waals surface area contributed by atoms with E-state index in [-0.39, 0.29) is 0 Å². The summed E-state index contributed by atoms with van der Waals surface area (Å²) in [6.45, 7) is 8.10. The Hall–Kier alpha value is -0.0400. The van der Waals surface area contributed by atoms with Crippen LogP contribution in [0.5, 0.6) is 0 Å². The van der Waals surface area contributed by atoms with Crippen molar-refractivity contribution in [3.05, 3.63) is 0 Å². The molecule has 2 spiro atoms. The van der Waals surface area contributed by atoms with E-state index in [0.717, 1.165) is 28.6 Å². The van der Waals surface area contributed by atoms with Crippen molar-refractivity contribution in [3.63, 3.8) is 0 Å². The summed E-state index contributed by atoms with van der Waals surface area (Å²) < 4.78 is 0. The van der Waals surface area contributed by atoms with E-state index in [9.17, 15) is 0 Å². The third-order valence-corrected chi connectivity index (χ3v) is 10.6. The molecule has 122 valence electrons. The van der Waals surface area contributed by atoms with Gasteiger partial charge in [0.05, 0.1) is 0 Å². The zero-order chi connectivity index (χ0) is 14.8. The van der Waals surface area contributed by atoms with Crippen LogP contribution in [0.15, 0.2) is 0 Å². The minimum Gasteiger partial charge on any atom is -0.296 e. The maximum atomic E-state index is 2.92. The number of hydrogen-bond donors (Lipinski definition) is 0. The Morgan fingerprint density at radius 1 is 0.818 bits per heavy atom. The van der Waals surface area contributed by atoms with Gasteiger partial charge in [-0.3, -0.25) is 4.90 Å². The summed E-state index contributed by atoms with van der Waals surface area (Å²) in [6, 6.07) is 0. The van der Waals surface area contributed by atoms with Crippen LogP contribution in [0.25, 0.3) is 0 Å². The SMILES string of the molecule is CC1(C)N2C[C@@]34CCC[C@@]1(C2)C3CCC12CCC(CC1)CC24. The van der Waals surface area contributed by atoms with Gasteiger partial charge < -0.3 is 0 Å². The fourth-order valence-corrected chi connectivity index (χ4v) is 9.52. The van der Waals surface area contributed by atoms with E-state index in [0.29, 0.717) is 11.0 Å². The van der Waals surface area contributed by atoms with Crippen LogP contribution in [-0.4, -0.2) is 23.5 Å². The van der Waals surface area contributed by atoms with Crippen molar-refractivity contribution in [3.8, 4) is 0 Å². The average Bonchev–Trinajstić information content (AvgIpc) is 2.53. The molecule has 5 bridgehead atoms. The quantitative estimate of drug-likeness (QED) is 0.617. The molecule has 8 aliphatic rings. The van der Waals surface area contributed by atoms with E-state index in [4.69, 9.17) is 0 Å². The van der Waals surface area contributed by atoms with Gasteiger partial charge in [0.1, 0.15) is 0 Å². The number of hydrogen-bond acceptors (Lipinski definition) is 1. The molecule has 3 unspecified atom stereocenters. The van der Waals surface area contributed by atoms with Gasteiger partial charge in [-0.1, -0.05) is 6.42 Å². The van der Waals surface area contributed by atoms with Gasteiger partial charge in [-0.05, 0) is 100 Å². The third kappa shape index (κ3) is 1.15. The second-order valence-electron chi connectivity index (χ2n) is 10.8. The summed E-state index contributed by atoms with van der Waals surface area (Å²) in [5.74, 6) is 3.31. The monoisotopic (exact) mass is 299 g/mol. The molecule has 1 heteroatoms. The predicted octanol–water partition coefficient (Wildman–Crippen LogP) is 4.86. The fraction of sp³-hybridized carbons (Fsp3) is 1.00. The summed E-state index contributed by atoms with van der Waals surface area (Å²) >= 11 is 0. The lowest BCUT2D eigenvalue weighted by atomic mass is 9.31. The number of nitrogens with zero attached hydrogens (tertiary/aromatic N) is 1. The molecule has 0 aromatic carbocycles. The van der Waals surface area contributed by atoms with Gasteiger partial charge in [-0.2, -0.15) is 0 Å². The molecule has 1 nitrogen and oxygen atoms in total. The minimum atomic E-state index is 0.514. The van der Waals surface area contributed by atoms with E-state index in [2.05, 4.69) is 18.7 Å². The van der Waals surface area contributed by atoms with Crippen molar-refractivity contribution in [1.82, 2.24) is 4.90 Å². The van der Waals surface area contributed by atoms with Crippen molar-refractivity contribution in [2.45, 2.75) is 83.6 Å². The number of rotatable bonds is 0. The lowest BCUT2D eigenvalue weighted by molar-refractivity contribution is -0.328. The first-order valence-electron chi connectivity index (χ1n) is 10.3. The van der Waals surface area contributed by atoms with Crippen LogP contribution in [0.2, 0.25) is 0 Å². The molecule has 22 heavy (non-hydrogen) atoms. The molecule has 8 rings (SSSR count). The maximum Gasteiger partial charge on any atom is 0.0225 e. The van der Waals surface area contributed by atoms with Crippen molar-refractivity contribution in [2.75, 3.05) is 13.1 Å². The number of fused-ring (bicyclic) bond motifs is 2. The van der Waals surface area contributed by atoms with Crippen LogP contribution in [0.3, 0.4) is 0 Å². The van der Waals surface area contributed by atoms with Crippen LogP contribution in [0.1, 0.15) is 78.1 Å². The summed E-state index contributed by atoms with van der Waals surface area (Å²) in [4.78, 5) is 2.92. The Morgan fingerprint density at radius 2 is 1.59 bits per heavy atom. The van der Waals surface area contributed by atoms with Crippen LogP contribution < -0.4 is 0 Å². The zero-order valence-corrected chi connectivity index (χ0v) is 14.7. The molecule has 0 aromatic heterocycles. The van der Waals surface area contributed by atoms with E-state index in [1.54, 1.807) is 64.2 Å². The summed E-state index contributed by atoms with van der Waals surface area (Å²) in [5.41, 5.74) is 2.78. The van der Waals surface area contributed by atoms with E-state index in [1.807, 2.05) is 0 Å². The molecule has 5 aliphatic carbocycles. The highest BCUT2D eigenvalue weighted by atomic mass is 15.3. The molecule has 3 saturated heterocycles. The fourth-order valence-electron chi connectivity index (χ4n) is 9.52. The number of piperidine rings is 2. The molecule has 0 amide bonds. The highest BCUT2D eigenvalue weighted by Crippen LogP contribution is 2.78. The summed E-state index contributed by atoms with van der Waals surface area (Å²) in [5, 5.41) is 0. The van der Waals surface area contributed by atoms with E-state index < -0.39 is 0 Å². The molecule has 8 fully saturated rings. The Morgan fingerprint density at radius 3 is 2.36 bits per heavy atom.